The highest BCUT2D eigenvalue weighted by Gasteiger charge is 2.39. The quantitative estimate of drug-likeness (QED) is 0.874. The molecule has 0 spiro atoms. The molecule has 1 fully saturated rings. The van der Waals surface area contributed by atoms with Crippen molar-refractivity contribution in [1.29, 1.82) is 0 Å². The first-order chi connectivity index (χ1) is 10.6. The van der Waals surface area contributed by atoms with Crippen molar-refractivity contribution in [2.75, 3.05) is 11.4 Å². The molecule has 1 N–H and O–H groups in total. The van der Waals surface area contributed by atoms with Crippen LogP contribution in [0.2, 0.25) is 0 Å². The SMILES string of the molecule is O=C(N[C@@H]1CN(c2ccccc2)C1=O)c1ncc(F)cc1F. The molecule has 112 valence electrons. The molecule has 1 aliphatic rings. The van der Waals surface area contributed by atoms with Gasteiger partial charge in [-0.3, -0.25) is 9.59 Å². The molecule has 1 aliphatic heterocycles. The Morgan fingerprint density at radius 3 is 2.64 bits per heavy atom. The summed E-state index contributed by atoms with van der Waals surface area (Å²) in [5.74, 6) is -3.07. The van der Waals surface area contributed by atoms with E-state index in [1.54, 1.807) is 24.3 Å². The lowest BCUT2D eigenvalue weighted by molar-refractivity contribution is -0.124. The molecule has 0 bridgehead atoms. The number of hydrogen-bond acceptors (Lipinski definition) is 3. The van der Waals surface area contributed by atoms with Crippen molar-refractivity contribution in [2.24, 2.45) is 0 Å². The molecule has 0 saturated carbocycles. The van der Waals surface area contributed by atoms with E-state index in [2.05, 4.69) is 10.3 Å². The molecule has 0 aliphatic carbocycles. The first-order valence-electron chi connectivity index (χ1n) is 6.54. The van der Waals surface area contributed by atoms with E-state index in [4.69, 9.17) is 0 Å². The van der Waals surface area contributed by atoms with E-state index in [0.29, 0.717) is 6.07 Å². The largest absolute Gasteiger partial charge is 0.337 e. The summed E-state index contributed by atoms with van der Waals surface area (Å²) in [5.41, 5.74) is 0.191. The van der Waals surface area contributed by atoms with Crippen LogP contribution < -0.4 is 10.2 Å². The molecule has 3 rings (SSSR count). The molecule has 5 nitrogen and oxygen atoms in total. The molecule has 0 unspecified atom stereocenters. The Morgan fingerprint density at radius 1 is 1.27 bits per heavy atom. The number of nitrogens with one attached hydrogen (secondary N) is 1. The molecule has 1 saturated heterocycles. The first-order valence-corrected chi connectivity index (χ1v) is 6.54. The van der Waals surface area contributed by atoms with Crippen molar-refractivity contribution < 1.29 is 18.4 Å². The van der Waals surface area contributed by atoms with Crippen LogP contribution in [-0.4, -0.2) is 29.4 Å². The first kappa shape index (κ1) is 14.1. The van der Waals surface area contributed by atoms with Gasteiger partial charge in [0.05, 0.1) is 12.7 Å². The van der Waals surface area contributed by atoms with E-state index < -0.39 is 29.3 Å². The van der Waals surface area contributed by atoms with Gasteiger partial charge in [0.1, 0.15) is 11.9 Å². The van der Waals surface area contributed by atoms with Gasteiger partial charge in [-0.2, -0.15) is 0 Å². The van der Waals surface area contributed by atoms with Gasteiger partial charge >= 0.3 is 0 Å². The number of benzene rings is 1. The van der Waals surface area contributed by atoms with Crippen LogP contribution in [0.5, 0.6) is 0 Å². The van der Waals surface area contributed by atoms with Crippen LogP contribution in [0.15, 0.2) is 42.6 Å². The van der Waals surface area contributed by atoms with E-state index in [-0.39, 0.29) is 12.5 Å². The summed E-state index contributed by atoms with van der Waals surface area (Å²) in [5, 5.41) is 2.39. The summed E-state index contributed by atoms with van der Waals surface area (Å²) in [6.07, 6.45) is 0.747. The third kappa shape index (κ3) is 2.52. The third-order valence-corrected chi connectivity index (χ3v) is 3.33. The second-order valence-electron chi connectivity index (χ2n) is 4.79. The fourth-order valence-corrected chi connectivity index (χ4v) is 2.18. The second kappa shape index (κ2) is 5.51. The Labute approximate surface area is 124 Å². The van der Waals surface area contributed by atoms with Crippen LogP contribution in [0, 0.1) is 11.6 Å². The van der Waals surface area contributed by atoms with Crippen LogP contribution >= 0.6 is 0 Å². The van der Waals surface area contributed by atoms with Crippen LogP contribution in [0.4, 0.5) is 14.5 Å². The van der Waals surface area contributed by atoms with Crippen LogP contribution in [-0.2, 0) is 4.79 Å². The summed E-state index contributed by atoms with van der Waals surface area (Å²) < 4.78 is 26.2. The van der Waals surface area contributed by atoms with Gasteiger partial charge in [-0.05, 0) is 12.1 Å². The van der Waals surface area contributed by atoms with E-state index in [1.807, 2.05) is 6.07 Å². The zero-order valence-corrected chi connectivity index (χ0v) is 11.3. The number of para-hydroxylation sites is 1. The minimum atomic E-state index is -1.07. The number of anilines is 1. The highest BCUT2D eigenvalue weighted by atomic mass is 19.1. The number of halogens is 2. The van der Waals surface area contributed by atoms with Gasteiger partial charge in [-0.15, -0.1) is 0 Å². The molecule has 1 atom stereocenters. The fraction of sp³-hybridized carbons (Fsp3) is 0.133. The number of amides is 2. The molecule has 2 aromatic rings. The minimum absolute atomic E-state index is 0.289. The van der Waals surface area contributed by atoms with Crippen molar-refractivity contribution >= 4 is 17.5 Å². The Balaban J connectivity index is 1.66. The Bertz CT molecular complexity index is 737. The zero-order chi connectivity index (χ0) is 15.7. The predicted octanol–water partition coefficient (Wildman–Crippen LogP) is 1.50. The number of rotatable bonds is 3. The number of carbonyl (C=O) groups excluding carboxylic acids is 2. The van der Waals surface area contributed by atoms with Crippen molar-refractivity contribution in [1.82, 2.24) is 10.3 Å². The van der Waals surface area contributed by atoms with Gasteiger partial charge in [-0.1, -0.05) is 18.2 Å². The Hall–Kier alpha value is -2.83. The highest BCUT2D eigenvalue weighted by molar-refractivity contribution is 6.07. The maximum absolute atomic E-state index is 13.5. The van der Waals surface area contributed by atoms with Crippen LogP contribution in [0.25, 0.3) is 0 Å². The molecule has 0 radical (unpaired) electrons. The summed E-state index contributed by atoms with van der Waals surface area (Å²) in [6, 6.07) is 8.81. The smallest absolute Gasteiger partial charge is 0.273 e. The number of aromatic nitrogens is 1. The van der Waals surface area contributed by atoms with Crippen molar-refractivity contribution in [3.05, 3.63) is 59.9 Å². The van der Waals surface area contributed by atoms with Gasteiger partial charge in [0.2, 0.25) is 0 Å². The van der Waals surface area contributed by atoms with Gasteiger partial charge in [0, 0.05) is 11.8 Å². The fourth-order valence-electron chi connectivity index (χ4n) is 2.18. The average Bonchev–Trinajstić information content (AvgIpc) is 2.51. The average molecular weight is 303 g/mol. The molecule has 7 heteroatoms. The number of nitrogens with zero attached hydrogens (tertiary/aromatic N) is 2. The van der Waals surface area contributed by atoms with E-state index in [1.165, 1.54) is 4.90 Å². The second-order valence-corrected chi connectivity index (χ2v) is 4.79. The maximum Gasteiger partial charge on any atom is 0.273 e. The van der Waals surface area contributed by atoms with Crippen LogP contribution in [0.3, 0.4) is 0 Å². The molecule has 1 aromatic carbocycles. The molecule has 2 heterocycles. The van der Waals surface area contributed by atoms with Crippen molar-refractivity contribution in [2.45, 2.75) is 6.04 Å². The van der Waals surface area contributed by atoms with Gasteiger partial charge in [0.25, 0.3) is 11.8 Å². The molecule has 1 aromatic heterocycles. The Morgan fingerprint density at radius 2 is 2.00 bits per heavy atom. The lowest BCUT2D eigenvalue weighted by Crippen LogP contribution is -2.64. The van der Waals surface area contributed by atoms with E-state index >= 15 is 0 Å². The summed E-state index contributed by atoms with van der Waals surface area (Å²) >= 11 is 0. The number of carbonyl (C=O) groups is 2. The zero-order valence-electron chi connectivity index (χ0n) is 11.3. The monoisotopic (exact) mass is 303 g/mol. The van der Waals surface area contributed by atoms with Crippen molar-refractivity contribution in [3.8, 4) is 0 Å². The maximum atomic E-state index is 13.5. The number of β-lactam (4-membered cyclic amide) rings is 1. The third-order valence-electron chi connectivity index (χ3n) is 3.33. The van der Waals surface area contributed by atoms with Crippen molar-refractivity contribution in [3.63, 3.8) is 0 Å². The molecule has 22 heavy (non-hydrogen) atoms. The molecular formula is C15H11F2N3O2. The highest BCUT2D eigenvalue weighted by Crippen LogP contribution is 2.21. The summed E-state index contributed by atoms with van der Waals surface area (Å²) in [4.78, 5) is 28.8. The van der Waals surface area contributed by atoms with Crippen LogP contribution in [0.1, 0.15) is 10.5 Å². The van der Waals surface area contributed by atoms with E-state index in [9.17, 15) is 18.4 Å². The molecule has 2 amide bonds. The lowest BCUT2D eigenvalue weighted by atomic mass is 10.1. The normalized spacial score (nSPS) is 17.1. The molecular weight excluding hydrogens is 292 g/mol. The van der Waals surface area contributed by atoms with Gasteiger partial charge in [0.15, 0.2) is 11.5 Å². The number of hydrogen-bond donors (Lipinski definition) is 1. The predicted molar refractivity (Wildman–Crippen MR) is 74.2 cm³/mol. The number of pyridine rings is 1. The Kier molecular flexibility index (Phi) is 3.54. The standard InChI is InChI=1S/C15H11F2N3O2/c16-9-6-11(17)13(18-7-9)14(21)19-12-8-20(15(12)22)10-4-2-1-3-5-10/h1-7,12H,8H2,(H,19,21)/t12-/m1/s1. The van der Waals surface area contributed by atoms with Gasteiger partial charge in [-0.25, -0.2) is 13.8 Å². The summed E-state index contributed by atoms with van der Waals surface area (Å²) in [7, 11) is 0. The summed E-state index contributed by atoms with van der Waals surface area (Å²) in [6.45, 7) is 0.289. The van der Waals surface area contributed by atoms with E-state index in [0.717, 1.165) is 11.9 Å². The minimum Gasteiger partial charge on any atom is -0.337 e. The van der Waals surface area contributed by atoms with Gasteiger partial charge < -0.3 is 10.2 Å². The topological polar surface area (TPSA) is 62.3 Å². The lowest BCUT2D eigenvalue weighted by Gasteiger charge is -2.38.